The molecule has 0 unspecified atom stereocenters. The number of aromatic hydroxyl groups is 1. The van der Waals surface area contributed by atoms with Gasteiger partial charge in [0, 0.05) is 17.5 Å². The predicted octanol–water partition coefficient (Wildman–Crippen LogP) is 1.59. The Morgan fingerprint density at radius 1 is 1.20 bits per heavy atom. The molecule has 15 heavy (non-hydrogen) atoms. The number of phenolic OH excluding ortho intramolecular Hbond substituents is 1. The van der Waals surface area contributed by atoms with Crippen molar-refractivity contribution in [3.05, 3.63) is 36.4 Å². The molecule has 0 saturated heterocycles. The molecule has 2 N–H and O–H groups in total. The second-order valence-electron chi connectivity index (χ2n) is 3.04. The first-order valence-corrected chi connectivity index (χ1v) is 5.54. The van der Waals surface area contributed by atoms with Gasteiger partial charge in [0.2, 0.25) is 0 Å². The lowest BCUT2D eigenvalue weighted by Gasteiger charge is -2.03. The summed E-state index contributed by atoms with van der Waals surface area (Å²) in [6, 6.07) is 10.0. The average Bonchev–Trinajstić information content (AvgIpc) is 2.15. The first-order chi connectivity index (χ1) is 6.98. The highest BCUT2D eigenvalue weighted by Crippen LogP contribution is 2.26. The van der Waals surface area contributed by atoms with Crippen molar-refractivity contribution in [2.24, 2.45) is 0 Å². The van der Waals surface area contributed by atoms with Crippen molar-refractivity contribution in [1.29, 1.82) is 0 Å². The highest BCUT2D eigenvalue weighted by atomic mass is 32.2. The van der Waals surface area contributed by atoms with Crippen LogP contribution in [0.1, 0.15) is 0 Å². The molecule has 2 rings (SSSR count). The van der Waals surface area contributed by atoms with Crippen molar-refractivity contribution < 1.29 is 18.1 Å². The zero-order valence-corrected chi connectivity index (χ0v) is 8.32. The van der Waals surface area contributed by atoms with E-state index in [1.54, 1.807) is 18.2 Å². The van der Waals surface area contributed by atoms with E-state index in [0.717, 1.165) is 6.07 Å². The summed E-state index contributed by atoms with van der Waals surface area (Å²) in [6.45, 7) is 0. The van der Waals surface area contributed by atoms with E-state index < -0.39 is 10.1 Å². The van der Waals surface area contributed by atoms with E-state index in [9.17, 15) is 13.5 Å². The largest absolute Gasteiger partial charge is 0.507 e. The summed E-state index contributed by atoms with van der Waals surface area (Å²) in [6.07, 6.45) is 0. The summed E-state index contributed by atoms with van der Waals surface area (Å²) in [5, 5.41) is 10.0. The minimum absolute atomic E-state index is 0.311. The summed E-state index contributed by atoms with van der Waals surface area (Å²) in [5.41, 5.74) is 0. The van der Waals surface area contributed by atoms with Gasteiger partial charge in [0.05, 0.1) is 0 Å². The maximum Gasteiger partial charge on any atom is 0.295 e. The van der Waals surface area contributed by atoms with E-state index in [1.165, 1.54) is 6.07 Å². The van der Waals surface area contributed by atoms with Crippen molar-refractivity contribution in [3.8, 4) is 5.75 Å². The van der Waals surface area contributed by atoms with Crippen LogP contribution in [0.2, 0.25) is 0 Å². The zero-order chi connectivity index (χ0) is 11.1. The Kier molecular flexibility index (Phi) is 2.13. The number of phenols is 1. The summed E-state index contributed by atoms with van der Waals surface area (Å²) in [5.74, 6) is -0.318. The fourth-order valence-corrected chi connectivity index (χ4v) is 2.11. The van der Waals surface area contributed by atoms with E-state index in [-0.39, 0.29) is 10.6 Å². The Hall–Kier alpha value is -1.59. The third-order valence-corrected chi connectivity index (χ3v) is 2.89. The van der Waals surface area contributed by atoms with Crippen molar-refractivity contribution in [2.45, 2.75) is 4.90 Å². The van der Waals surface area contributed by atoms with Gasteiger partial charge in [0.15, 0.2) is 0 Å². The van der Waals surface area contributed by atoms with Crippen LogP contribution in [-0.4, -0.2) is 18.1 Å². The minimum atomic E-state index is -4.33. The van der Waals surface area contributed by atoms with Crippen LogP contribution in [0.3, 0.4) is 0 Å². The molecule has 4 nitrogen and oxygen atoms in total. The van der Waals surface area contributed by atoms with Crippen molar-refractivity contribution in [2.75, 3.05) is 0 Å². The maximum absolute atomic E-state index is 11.0. The van der Waals surface area contributed by atoms with Crippen molar-refractivity contribution in [3.63, 3.8) is 0 Å². The quantitative estimate of drug-likeness (QED) is 0.720. The fourth-order valence-electron chi connectivity index (χ4n) is 1.40. The van der Waals surface area contributed by atoms with Gasteiger partial charge in [0.25, 0.3) is 10.1 Å². The van der Waals surface area contributed by atoms with Crippen LogP contribution in [0.25, 0.3) is 10.8 Å². The molecule has 0 spiro atoms. The standard InChI is InChI=1S/C10H7O4S/c11-8-5-7-3-1-2-4-9(7)10(6-8)15(12,13)14/h1-4,6,11H,(H,12,13,14). The van der Waals surface area contributed by atoms with E-state index in [0.29, 0.717) is 10.8 Å². The third-order valence-electron chi connectivity index (χ3n) is 2.00. The Balaban J connectivity index is 2.96. The minimum Gasteiger partial charge on any atom is -0.507 e. The van der Waals surface area contributed by atoms with Gasteiger partial charge < -0.3 is 5.11 Å². The molecule has 0 amide bonds. The fraction of sp³-hybridized carbons (Fsp3) is 0. The summed E-state index contributed by atoms with van der Waals surface area (Å²) in [7, 11) is -4.33. The summed E-state index contributed by atoms with van der Waals surface area (Å²) < 4.78 is 31.0. The molecule has 0 bridgehead atoms. The first kappa shape index (κ1) is 9.95. The van der Waals surface area contributed by atoms with Gasteiger partial charge in [0.1, 0.15) is 10.6 Å². The Labute approximate surface area is 86.5 Å². The second kappa shape index (κ2) is 3.22. The number of hydrogen-bond acceptors (Lipinski definition) is 3. The van der Waals surface area contributed by atoms with E-state index in [4.69, 9.17) is 4.55 Å². The molecule has 0 aliphatic rings. The Morgan fingerprint density at radius 3 is 2.53 bits per heavy atom. The summed E-state index contributed by atoms with van der Waals surface area (Å²) >= 11 is 0. The van der Waals surface area contributed by atoms with Gasteiger partial charge in [-0.25, -0.2) is 0 Å². The molecule has 77 valence electrons. The number of fused-ring (bicyclic) bond motifs is 1. The molecule has 0 saturated carbocycles. The molecule has 1 radical (unpaired) electrons. The molecule has 0 aliphatic heterocycles. The van der Waals surface area contributed by atoms with Gasteiger partial charge in [-0.15, -0.1) is 0 Å². The molecule has 0 aliphatic carbocycles. The van der Waals surface area contributed by atoms with Crippen LogP contribution in [0.15, 0.2) is 35.2 Å². The highest BCUT2D eigenvalue weighted by Gasteiger charge is 2.15. The van der Waals surface area contributed by atoms with Crippen LogP contribution < -0.4 is 0 Å². The molecular weight excluding hydrogens is 216 g/mol. The topological polar surface area (TPSA) is 74.6 Å². The van der Waals surface area contributed by atoms with Crippen LogP contribution in [-0.2, 0) is 10.1 Å². The van der Waals surface area contributed by atoms with Crippen LogP contribution in [0.4, 0.5) is 0 Å². The van der Waals surface area contributed by atoms with Crippen molar-refractivity contribution >= 4 is 20.9 Å². The number of hydrogen-bond donors (Lipinski definition) is 2. The number of rotatable bonds is 1. The molecular formula is C10H7O4S. The molecule has 2 aromatic carbocycles. The lowest BCUT2D eigenvalue weighted by atomic mass is 10.1. The van der Waals surface area contributed by atoms with Gasteiger partial charge in [-0.3, -0.25) is 4.55 Å². The lowest BCUT2D eigenvalue weighted by molar-refractivity contribution is 0.467. The third kappa shape index (κ3) is 1.79. The van der Waals surface area contributed by atoms with Gasteiger partial charge in [-0.05, 0) is 5.39 Å². The van der Waals surface area contributed by atoms with Gasteiger partial charge >= 0.3 is 0 Å². The van der Waals surface area contributed by atoms with Gasteiger partial charge in [-0.2, -0.15) is 8.42 Å². The van der Waals surface area contributed by atoms with Crippen molar-refractivity contribution in [1.82, 2.24) is 0 Å². The van der Waals surface area contributed by atoms with E-state index in [2.05, 4.69) is 6.07 Å². The average molecular weight is 223 g/mol. The molecule has 0 heterocycles. The summed E-state index contributed by atoms with van der Waals surface area (Å²) in [4.78, 5) is -0.311. The predicted molar refractivity (Wildman–Crippen MR) is 54.3 cm³/mol. The zero-order valence-electron chi connectivity index (χ0n) is 7.51. The molecule has 2 aromatic rings. The highest BCUT2D eigenvalue weighted by molar-refractivity contribution is 7.86. The number of benzene rings is 2. The van der Waals surface area contributed by atoms with Gasteiger partial charge in [-0.1, -0.05) is 24.3 Å². The Bertz CT molecular complexity index is 616. The smallest absolute Gasteiger partial charge is 0.295 e. The lowest BCUT2D eigenvalue weighted by Crippen LogP contribution is -1.98. The molecule has 5 heteroatoms. The van der Waals surface area contributed by atoms with E-state index in [1.807, 2.05) is 0 Å². The SMILES string of the molecule is O=S(=O)(O)c1cc(O)[c]c2ccccc12. The monoisotopic (exact) mass is 223 g/mol. The second-order valence-corrected chi connectivity index (χ2v) is 4.43. The van der Waals surface area contributed by atoms with Crippen LogP contribution in [0.5, 0.6) is 5.75 Å². The maximum atomic E-state index is 11.0. The normalized spacial score (nSPS) is 11.8. The van der Waals surface area contributed by atoms with Crippen LogP contribution in [0, 0.1) is 6.07 Å². The molecule has 0 atom stereocenters. The Morgan fingerprint density at radius 2 is 1.87 bits per heavy atom. The van der Waals surface area contributed by atoms with Crippen LogP contribution >= 0.6 is 0 Å². The molecule has 0 aromatic heterocycles. The first-order valence-electron chi connectivity index (χ1n) is 4.10. The molecule has 0 fully saturated rings. The van der Waals surface area contributed by atoms with E-state index >= 15 is 0 Å².